The number of benzene rings is 1. The van der Waals surface area contributed by atoms with Crippen molar-refractivity contribution >= 4 is 5.91 Å². The highest BCUT2D eigenvalue weighted by atomic mass is 16.3. The number of nitrogens with zero attached hydrogens (tertiary/aromatic N) is 5. The Kier molecular flexibility index (Phi) is 5.46. The summed E-state index contributed by atoms with van der Waals surface area (Å²) in [6.07, 6.45) is 3.37. The van der Waals surface area contributed by atoms with Gasteiger partial charge in [0.1, 0.15) is 5.82 Å². The van der Waals surface area contributed by atoms with Gasteiger partial charge in [0, 0.05) is 57.0 Å². The minimum absolute atomic E-state index is 0.0609. The summed E-state index contributed by atoms with van der Waals surface area (Å²) in [7, 11) is 1.87. The maximum atomic E-state index is 13.0. The zero-order valence-corrected chi connectivity index (χ0v) is 16.7. The molecule has 28 heavy (non-hydrogen) atoms. The van der Waals surface area contributed by atoms with Gasteiger partial charge in [-0.2, -0.15) is 5.10 Å². The Labute approximate surface area is 166 Å². The summed E-state index contributed by atoms with van der Waals surface area (Å²) in [6, 6.07) is 7.80. The first-order chi connectivity index (χ1) is 13.5. The van der Waals surface area contributed by atoms with E-state index in [1.807, 2.05) is 43.1 Å². The first kappa shape index (κ1) is 19.1. The predicted octanol–water partition coefficient (Wildman–Crippen LogP) is 1.71. The van der Waals surface area contributed by atoms with Gasteiger partial charge in [0.15, 0.2) is 5.82 Å². The normalized spacial score (nSPS) is 20.5. The Morgan fingerprint density at radius 1 is 1.21 bits per heavy atom. The second-order valence-electron chi connectivity index (χ2n) is 8.04. The standard InChI is InChI=1S/C21H29N5O2/c1-15-22-20(23-24(15)2)17-5-7-18(8-6-17)21(28)26-11-10-25(13-16-3-4-16)19(14-26)9-12-27/h5-8,16,19,27H,3-4,9-14H2,1-2H3/t19-/m0/s1. The Bertz CT molecular complexity index is 808. The molecule has 150 valence electrons. The third-order valence-electron chi connectivity index (χ3n) is 5.91. The van der Waals surface area contributed by atoms with E-state index in [1.54, 1.807) is 4.68 Å². The zero-order valence-electron chi connectivity index (χ0n) is 16.7. The highest BCUT2D eigenvalue weighted by molar-refractivity contribution is 5.94. The fourth-order valence-electron chi connectivity index (χ4n) is 3.90. The minimum atomic E-state index is 0.0609. The SMILES string of the molecule is Cc1nc(-c2ccc(C(=O)N3CCN(CC4CC4)[C@@H](CCO)C3)cc2)nn1C. The molecule has 0 radical (unpaired) electrons. The monoisotopic (exact) mass is 383 g/mol. The molecule has 2 aromatic rings. The average Bonchev–Trinajstić information content (AvgIpc) is 3.46. The molecule has 1 aliphatic carbocycles. The first-order valence-electron chi connectivity index (χ1n) is 10.2. The van der Waals surface area contributed by atoms with Crippen molar-refractivity contribution in [3.8, 4) is 11.4 Å². The van der Waals surface area contributed by atoms with Crippen LogP contribution in [0.4, 0.5) is 0 Å². The van der Waals surface area contributed by atoms with E-state index in [4.69, 9.17) is 0 Å². The number of carbonyl (C=O) groups excluding carboxylic acids is 1. The van der Waals surface area contributed by atoms with E-state index in [2.05, 4.69) is 15.0 Å². The highest BCUT2D eigenvalue weighted by Crippen LogP contribution is 2.31. The molecular formula is C21H29N5O2. The number of amides is 1. The molecule has 0 spiro atoms. The zero-order chi connectivity index (χ0) is 19.7. The number of aryl methyl sites for hydroxylation is 2. The van der Waals surface area contributed by atoms with Crippen LogP contribution in [0.25, 0.3) is 11.4 Å². The van der Waals surface area contributed by atoms with Gasteiger partial charge in [-0.05, 0) is 44.2 Å². The molecule has 7 heteroatoms. The van der Waals surface area contributed by atoms with E-state index in [0.717, 1.165) is 43.4 Å². The smallest absolute Gasteiger partial charge is 0.253 e. The maximum Gasteiger partial charge on any atom is 0.253 e. The van der Waals surface area contributed by atoms with Gasteiger partial charge in [0.25, 0.3) is 5.91 Å². The Morgan fingerprint density at radius 2 is 1.96 bits per heavy atom. The summed E-state index contributed by atoms with van der Waals surface area (Å²) in [6.45, 7) is 5.52. The van der Waals surface area contributed by atoms with Gasteiger partial charge in [0.05, 0.1) is 0 Å². The van der Waals surface area contributed by atoms with Gasteiger partial charge in [-0.1, -0.05) is 12.1 Å². The van der Waals surface area contributed by atoms with Crippen molar-refractivity contribution in [2.24, 2.45) is 13.0 Å². The average molecular weight is 383 g/mol. The molecule has 7 nitrogen and oxygen atoms in total. The van der Waals surface area contributed by atoms with Crippen molar-refractivity contribution in [3.63, 3.8) is 0 Å². The Balaban J connectivity index is 1.43. The molecule has 1 aromatic carbocycles. The summed E-state index contributed by atoms with van der Waals surface area (Å²) in [5.41, 5.74) is 1.60. The molecule has 1 N–H and O–H groups in total. The summed E-state index contributed by atoms with van der Waals surface area (Å²) < 4.78 is 1.75. The van der Waals surface area contributed by atoms with E-state index in [-0.39, 0.29) is 18.6 Å². The quantitative estimate of drug-likeness (QED) is 0.822. The van der Waals surface area contributed by atoms with Crippen LogP contribution in [0.2, 0.25) is 0 Å². The van der Waals surface area contributed by atoms with E-state index in [9.17, 15) is 9.90 Å². The lowest BCUT2D eigenvalue weighted by molar-refractivity contribution is 0.0407. The van der Waals surface area contributed by atoms with Crippen molar-refractivity contribution in [2.45, 2.75) is 32.2 Å². The number of hydrogen-bond donors (Lipinski definition) is 1. The molecule has 1 amide bonds. The van der Waals surface area contributed by atoms with Crippen LogP contribution in [0.15, 0.2) is 24.3 Å². The van der Waals surface area contributed by atoms with Gasteiger partial charge >= 0.3 is 0 Å². The lowest BCUT2D eigenvalue weighted by atomic mass is 10.1. The highest BCUT2D eigenvalue weighted by Gasteiger charge is 2.33. The molecule has 1 aromatic heterocycles. The number of aromatic nitrogens is 3. The molecule has 2 fully saturated rings. The van der Waals surface area contributed by atoms with Gasteiger partial charge in [-0.3, -0.25) is 14.4 Å². The number of carbonyl (C=O) groups is 1. The molecule has 0 bridgehead atoms. The molecule has 2 aliphatic rings. The summed E-state index contributed by atoms with van der Waals surface area (Å²) in [5, 5.41) is 13.8. The third-order valence-corrected chi connectivity index (χ3v) is 5.91. The Hall–Kier alpha value is -2.25. The fourth-order valence-corrected chi connectivity index (χ4v) is 3.90. The molecule has 4 rings (SSSR count). The van der Waals surface area contributed by atoms with Gasteiger partial charge in [-0.15, -0.1) is 0 Å². The number of aliphatic hydroxyl groups excluding tert-OH is 1. The van der Waals surface area contributed by atoms with E-state index in [1.165, 1.54) is 12.8 Å². The maximum absolute atomic E-state index is 13.0. The van der Waals surface area contributed by atoms with Crippen LogP contribution in [0.5, 0.6) is 0 Å². The van der Waals surface area contributed by atoms with Crippen molar-refractivity contribution in [1.29, 1.82) is 0 Å². The van der Waals surface area contributed by atoms with Gasteiger partial charge in [-0.25, -0.2) is 4.98 Å². The number of piperazine rings is 1. The molecule has 1 saturated carbocycles. The van der Waals surface area contributed by atoms with Crippen LogP contribution >= 0.6 is 0 Å². The lowest BCUT2D eigenvalue weighted by Crippen LogP contribution is -2.55. The van der Waals surface area contributed by atoms with Crippen molar-refractivity contribution < 1.29 is 9.90 Å². The molecule has 0 unspecified atom stereocenters. The molecule has 1 atom stereocenters. The fraction of sp³-hybridized carbons (Fsp3) is 0.571. The molecule has 2 heterocycles. The number of hydrogen-bond acceptors (Lipinski definition) is 5. The van der Waals surface area contributed by atoms with Crippen LogP contribution < -0.4 is 0 Å². The largest absolute Gasteiger partial charge is 0.396 e. The van der Waals surface area contributed by atoms with E-state index >= 15 is 0 Å². The van der Waals surface area contributed by atoms with Gasteiger partial charge in [0.2, 0.25) is 0 Å². The number of aliphatic hydroxyl groups is 1. The second kappa shape index (κ2) is 8.01. The van der Waals surface area contributed by atoms with Crippen molar-refractivity contribution in [3.05, 3.63) is 35.7 Å². The van der Waals surface area contributed by atoms with E-state index in [0.29, 0.717) is 17.9 Å². The number of rotatable bonds is 6. The summed E-state index contributed by atoms with van der Waals surface area (Å²) in [5.74, 6) is 2.41. The second-order valence-corrected chi connectivity index (χ2v) is 8.04. The molecule has 1 aliphatic heterocycles. The van der Waals surface area contributed by atoms with Gasteiger partial charge < -0.3 is 10.0 Å². The first-order valence-corrected chi connectivity index (χ1v) is 10.2. The summed E-state index contributed by atoms with van der Waals surface area (Å²) in [4.78, 5) is 21.8. The van der Waals surface area contributed by atoms with Crippen molar-refractivity contribution in [1.82, 2.24) is 24.6 Å². The molecule has 1 saturated heterocycles. The predicted molar refractivity (Wildman–Crippen MR) is 107 cm³/mol. The van der Waals surface area contributed by atoms with Crippen LogP contribution in [0.1, 0.15) is 35.4 Å². The Morgan fingerprint density at radius 3 is 2.57 bits per heavy atom. The van der Waals surface area contributed by atoms with Crippen LogP contribution in [-0.4, -0.2) is 74.4 Å². The molecular weight excluding hydrogens is 354 g/mol. The summed E-state index contributed by atoms with van der Waals surface area (Å²) >= 11 is 0. The van der Waals surface area contributed by atoms with Crippen molar-refractivity contribution in [2.75, 3.05) is 32.8 Å². The topological polar surface area (TPSA) is 74.5 Å². The van der Waals surface area contributed by atoms with Crippen LogP contribution in [0, 0.1) is 12.8 Å². The van der Waals surface area contributed by atoms with Crippen LogP contribution in [-0.2, 0) is 7.05 Å². The van der Waals surface area contributed by atoms with Crippen LogP contribution in [0.3, 0.4) is 0 Å². The lowest BCUT2D eigenvalue weighted by Gasteiger charge is -2.41. The van der Waals surface area contributed by atoms with E-state index < -0.39 is 0 Å². The minimum Gasteiger partial charge on any atom is -0.396 e. The third kappa shape index (κ3) is 4.10.